The Kier molecular flexibility index (Phi) is 4.04. The summed E-state index contributed by atoms with van der Waals surface area (Å²) in [6.07, 6.45) is 0. The molecular formula is C17H18N2O5S. The summed E-state index contributed by atoms with van der Waals surface area (Å²) in [6, 6.07) is 6.62. The van der Waals surface area contributed by atoms with E-state index in [1.165, 1.54) is 11.0 Å². The third-order valence-corrected chi connectivity index (χ3v) is 5.88. The second-order valence-corrected chi connectivity index (χ2v) is 8.04. The number of anilines is 1. The van der Waals surface area contributed by atoms with Crippen LogP contribution in [0.4, 0.5) is 5.69 Å². The van der Waals surface area contributed by atoms with Crippen LogP contribution in [-0.2, 0) is 14.8 Å². The third-order valence-electron chi connectivity index (χ3n) is 4.38. The highest BCUT2D eigenvalue weighted by Crippen LogP contribution is 2.39. The third kappa shape index (κ3) is 2.67. The lowest BCUT2D eigenvalue weighted by Crippen LogP contribution is -2.44. The molecule has 2 aromatic carbocycles. The van der Waals surface area contributed by atoms with Gasteiger partial charge in [-0.15, -0.1) is 0 Å². The molecule has 1 aliphatic rings. The summed E-state index contributed by atoms with van der Waals surface area (Å²) in [7, 11) is -2.45. The Hall–Kier alpha value is -2.45. The molecule has 0 aliphatic carbocycles. The van der Waals surface area contributed by atoms with E-state index in [0.717, 1.165) is 0 Å². The van der Waals surface area contributed by atoms with Gasteiger partial charge in [0, 0.05) is 23.4 Å². The number of aliphatic carboxylic acids is 1. The maximum Gasteiger partial charge on any atom is 0.322 e. The molecule has 0 spiro atoms. The summed E-state index contributed by atoms with van der Waals surface area (Å²) in [5, 5.41) is 10.2. The molecule has 1 aliphatic heterocycles. The highest BCUT2D eigenvalue weighted by atomic mass is 32.2. The Morgan fingerprint density at radius 3 is 2.48 bits per heavy atom. The fraction of sp³-hybridized carbons (Fsp3) is 0.294. The van der Waals surface area contributed by atoms with Gasteiger partial charge in [0.2, 0.25) is 10.0 Å². The Balaban J connectivity index is 2.18. The molecule has 1 heterocycles. The molecule has 1 amide bonds. The molecule has 3 rings (SSSR count). The molecule has 0 aromatic heterocycles. The maximum absolute atomic E-state index is 12.8. The van der Waals surface area contributed by atoms with Crippen LogP contribution in [-0.4, -0.2) is 38.5 Å². The van der Waals surface area contributed by atoms with Crippen molar-refractivity contribution in [2.75, 3.05) is 11.9 Å². The summed E-state index contributed by atoms with van der Waals surface area (Å²) < 4.78 is 27.9. The van der Waals surface area contributed by atoms with Crippen LogP contribution in [0.15, 0.2) is 35.2 Å². The zero-order valence-corrected chi connectivity index (χ0v) is 14.8. The number of hydrogen-bond donors (Lipinski definition) is 2. The molecule has 7 nitrogen and oxygen atoms in total. The van der Waals surface area contributed by atoms with E-state index in [1.807, 2.05) is 0 Å². The normalized spacial score (nSPS) is 15.2. The number of carboxylic acids is 1. The molecule has 0 radical (unpaired) electrons. The molecule has 0 fully saturated rings. The van der Waals surface area contributed by atoms with Crippen molar-refractivity contribution < 1.29 is 23.1 Å². The zero-order valence-electron chi connectivity index (χ0n) is 14.0. The number of hydrogen-bond acceptors (Lipinski definition) is 4. The Morgan fingerprint density at radius 2 is 1.88 bits per heavy atom. The smallest absolute Gasteiger partial charge is 0.322 e. The van der Waals surface area contributed by atoms with Gasteiger partial charge in [-0.2, -0.15) is 4.72 Å². The molecule has 0 saturated heterocycles. The lowest BCUT2D eigenvalue weighted by molar-refractivity contribution is -0.140. The largest absolute Gasteiger partial charge is 0.480 e. The van der Waals surface area contributed by atoms with Crippen molar-refractivity contribution in [3.8, 4) is 0 Å². The zero-order chi connectivity index (χ0) is 18.5. The quantitative estimate of drug-likeness (QED) is 0.844. The van der Waals surface area contributed by atoms with E-state index >= 15 is 0 Å². The average Bonchev–Trinajstić information content (AvgIpc) is 2.79. The highest BCUT2D eigenvalue weighted by Gasteiger charge is 2.32. The van der Waals surface area contributed by atoms with Crippen LogP contribution >= 0.6 is 0 Å². The van der Waals surface area contributed by atoms with Gasteiger partial charge in [-0.25, -0.2) is 8.42 Å². The Morgan fingerprint density at radius 1 is 1.20 bits per heavy atom. The van der Waals surface area contributed by atoms with Gasteiger partial charge in [0.15, 0.2) is 0 Å². The predicted molar refractivity (Wildman–Crippen MR) is 93.3 cm³/mol. The van der Waals surface area contributed by atoms with Crippen molar-refractivity contribution in [2.45, 2.75) is 24.8 Å². The molecule has 2 aromatic rings. The fourth-order valence-corrected chi connectivity index (χ4v) is 4.59. The van der Waals surface area contributed by atoms with Gasteiger partial charge in [0.05, 0.1) is 10.6 Å². The van der Waals surface area contributed by atoms with Gasteiger partial charge in [-0.1, -0.05) is 26.0 Å². The molecule has 132 valence electrons. The average molecular weight is 362 g/mol. The number of nitrogens with one attached hydrogen (secondary N) is 1. The van der Waals surface area contributed by atoms with Crippen LogP contribution in [0.3, 0.4) is 0 Å². The SMILES string of the molecule is CC(C)C(NS(=O)(=O)c1ccc2c3c(cccc13)C(=O)N2C)C(=O)O. The summed E-state index contributed by atoms with van der Waals surface area (Å²) in [6.45, 7) is 3.25. The molecule has 25 heavy (non-hydrogen) atoms. The molecule has 8 heteroatoms. The lowest BCUT2D eigenvalue weighted by Gasteiger charge is -2.19. The molecular weight excluding hydrogens is 344 g/mol. The van der Waals surface area contributed by atoms with Crippen molar-refractivity contribution in [1.82, 2.24) is 4.72 Å². The van der Waals surface area contributed by atoms with Crippen LogP contribution in [0.1, 0.15) is 24.2 Å². The Bertz CT molecular complexity index is 998. The van der Waals surface area contributed by atoms with Crippen molar-refractivity contribution in [3.63, 3.8) is 0 Å². The molecule has 0 bridgehead atoms. The first-order valence-corrected chi connectivity index (χ1v) is 9.22. The van der Waals surface area contributed by atoms with Crippen LogP contribution in [0, 0.1) is 5.92 Å². The molecule has 2 N–H and O–H groups in total. The van der Waals surface area contributed by atoms with Crippen molar-refractivity contribution in [1.29, 1.82) is 0 Å². The van der Waals surface area contributed by atoms with Crippen molar-refractivity contribution >= 4 is 38.4 Å². The number of carbonyl (C=O) groups excluding carboxylic acids is 1. The first kappa shape index (κ1) is 17.4. The van der Waals surface area contributed by atoms with Gasteiger partial charge < -0.3 is 10.0 Å². The van der Waals surface area contributed by atoms with Crippen LogP contribution in [0.25, 0.3) is 10.8 Å². The van der Waals surface area contributed by atoms with Gasteiger partial charge in [0.1, 0.15) is 6.04 Å². The van der Waals surface area contributed by atoms with E-state index in [0.29, 0.717) is 22.0 Å². The standard InChI is InChI=1S/C17H18N2O5S/c1-9(2)15(17(21)22)18-25(23,24)13-8-7-12-14-10(13)5-4-6-11(14)16(20)19(12)3/h4-9,15,18H,1-3H3,(H,21,22). The number of carbonyl (C=O) groups is 2. The summed E-state index contributed by atoms with van der Waals surface area (Å²) in [5.74, 6) is -1.86. The number of amides is 1. The number of benzene rings is 2. The highest BCUT2D eigenvalue weighted by molar-refractivity contribution is 7.89. The lowest BCUT2D eigenvalue weighted by atomic mass is 10.1. The first-order valence-electron chi connectivity index (χ1n) is 7.74. The minimum Gasteiger partial charge on any atom is -0.480 e. The molecule has 1 atom stereocenters. The summed E-state index contributed by atoms with van der Waals surface area (Å²) in [4.78, 5) is 25.0. The maximum atomic E-state index is 12.8. The number of carboxylic acid groups (broad SMARTS) is 1. The van der Waals surface area contributed by atoms with Gasteiger partial charge in [-0.3, -0.25) is 9.59 Å². The summed E-state index contributed by atoms with van der Waals surface area (Å²) in [5.41, 5.74) is 1.07. The van der Waals surface area contributed by atoms with E-state index in [1.54, 1.807) is 45.2 Å². The van der Waals surface area contributed by atoms with Gasteiger partial charge in [-0.05, 0) is 24.1 Å². The second kappa shape index (κ2) is 5.82. The van der Waals surface area contributed by atoms with E-state index in [9.17, 15) is 23.1 Å². The predicted octanol–water partition coefficient (Wildman–Crippen LogP) is 1.82. The van der Waals surface area contributed by atoms with Crippen LogP contribution in [0.2, 0.25) is 0 Å². The van der Waals surface area contributed by atoms with Gasteiger partial charge in [0.25, 0.3) is 5.91 Å². The number of sulfonamides is 1. The topological polar surface area (TPSA) is 104 Å². The Labute approximate surface area is 145 Å². The van der Waals surface area contributed by atoms with E-state index in [-0.39, 0.29) is 10.8 Å². The number of rotatable bonds is 5. The van der Waals surface area contributed by atoms with E-state index in [4.69, 9.17) is 0 Å². The van der Waals surface area contributed by atoms with Gasteiger partial charge >= 0.3 is 5.97 Å². The van der Waals surface area contributed by atoms with E-state index < -0.39 is 28.0 Å². The van der Waals surface area contributed by atoms with Crippen LogP contribution in [0.5, 0.6) is 0 Å². The fourth-order valence-electron chi connectivity index (χ4n) is 3.05. The molecule has 0 saturated carbocycles. The minimum absolute atomic E-state index is 0.0388. The van der Waals surface area contributed by atoms with Crippen molar-refractivity contribution in [3.05, 3.63) is 35.9 Å². The summed E-state index contributed by atoms with van der Waals surface area (Å²) >= 11 is 0. The van der Waals surface area contributed by atoms with Crippen molar-refractivity contribution in [2.24, 2.45) is 5.92 Å². The minimum atomic E-state index is -4.08. The molecule has 1 unspecified atom stereocenters. The van der Waals surface area contributed by atoms with E-state index in [2.05, 4.69) is 4.72 Å². The monoisotopic (exact) mass is 362 g/mol. The first-order chi connectivity index (χ1) is 11.6. The van der Waals surface area contributed by atoms with Crippen LogP contribution < -0.4 is 9.62 Å². The number of nitrogens with zero attached hydrogens (tertiary/aromatic N) is 1. The second-order valence-electron chi connectivity index (χ2n) is 6.36.